The summed E-state index contributed by atoms with van der Waals surface area (Å²) >= 11 is 6.42. The van der Waals surface area contributed by atoms with Gasteiger partial charge in [0, 0.05) is 0 Å². The molecule has 1 aromatic heterocycles. The first-order chi connectivity index (χ1) is 10.9. The molecule has 0 saturated carbocycles. The van der Waals surface area contributed by atoms with Crippen molar-refractivity contribution in [2.45, 2.75) is 11.8 Å². The molecule has 1 amide bonds. The summed E-state index contributed by atoms with van der Waals surface area (Å²) in [6, 6.07) is 7.93. The number of hydrogen-bond acceptors (Lipinski definition) is 6. The van der Waals surface area contributed by atoms with Gasteiger partial charge in [-0.1, -0.05) is 29.5 Å². The molecule has 124 valence electrons. The Morgan fingerprint density at radius 3 is 2.70 bits per heavy atom. The first-order valence-corrected chi connectivity index (χ1v) is 9.31. The fraction of sp³-hybridized carbons (Fsp3) is 0.231. The highest BCUT2D eigenvalue weighted by atomic mass is 35.5. The average molecular weight is 376 g/mol. The zero-order chi connectivity index (χ0) is 16.9. The zero-order valence-electron chi connectivity index (χ0n) is 12.1. The smallest absolute Gasteiger partial charge is 0.412 e. The lowest BCUT2D eigenvalue weighted by Crippen LogP contribution is -2.14. The molecular weight excluding hydrogens is 362 g/mol. The average Bonchev–Trinajstić information content (AvgIpc) is 2.85. The number of halogens is 1. The van der Waals surface area contributed by atoms with Crippen LogP contribution in [-0.4, -0.2) is 32.0 Å². The summed E-state index contributed by atoms with van der Waals surface area (Å²) in [4.78, 5) is 15.7. The predicted octanol–water partition coefficient (Wildman–Crippen LogP) is 3.04. The molecule has 0 saturated heterocycles. The van der Waals surface area contributed by atoms with Gasteiger partial charge >= 0.3 is 6.09 Å². The van der Waals surface area contributed by atoms with E-state index < -0.39 is 16.1 Å². The normalized spacial score (nSPS) is 11.0. The number of anilines is 2. The number of alkyl halides is 1. The van der Waals surface area contributed by atoms with Crippen LogP contribution in [0.1, 0.15) is 5.69 Å². The molecular formula is C13H14ClN3O4S2. The number of benzene rings is 1. The molecule has 0 atom stereocenters. The summed E-state index contributed by atoms with van der Waals surface area (Å²) < 4.78 is 31.6. The molecule has 23 heavy (non-hydrogen) atoms. The van der Waals surface area contributed by atoms with Gasteiger partial charge in [0.05, 0.1) is 16.5 Å². The Bertz CT molecular complexity index is 778. The third kappa shape index (κ3) is 4.81. The van der Waals surface area contributed by atoms with Crippen molar-refractivity contribution in [2.24, 2.45) is 0 Å². The maximum atomic E-state index is 12.2. The Morgan fingerprint density at radius 2 is 2.04 bits per heavy atom. The lowest BCUT2D eigenvalue weighted by molar-refractivity contribution is 0.168. The van der Waals surface area contributed by atoms with Gasteiger partial charge in [0.2, 0.25) is 0 Å². The number of hydrogen-bond donors (Lipinski definition) is 2. The molecule has 7 nitrogen and oxygen atoms in total. The minimum absolute atomic E-state index is 0.0821. The second-order valence-electron chi connectivity index (χ2n) is 4.30. The highest BCUT2D eigenvalue weighted by molar-refractivity contribution is 7.93. The summed E-state index contributed by atoms with van der Waals surface area (Å²) in [5, 5.41) is 3.04. The van der Waals surface area contributed by atoms with Crippen molar-refractivity contribution in [1.82, 2.24) is 4.98 Å². The molecule has 0 aliphatic carbocycles. The van der Waals surface area contributed by atoms with Crippen LogP contribution in [-0.2, 0) is 14.8 Å². The van der Waals surface area contributed by atoms with Crippen molar-refractivity contribution in [2.75, 3.05) is 22.5 Å². The number of nitrogens with one attached hydrogen (secondary N) is 2. The van der Waals surface area contributed by atoms with Gasteiger partial charge in [0.15, 0.2) is 5.13 Å². The van der Waals surface area contributed by atoms with Crippen molar-refractivity contribution in [3.8, 4) is 0 Å². The van der Waals surface area contributed by atoms with Crippen molar-refractivity contribution < 1.29 is 17.9 Å². The summed E-state index contributed by atoms with van der Waals surface area (Å²) in [6.45, 7) is 1.73. The fourth-order valence-corrected chi connectivity index (χ4v) is 3.78. The van der Waals surface area contributed by atoms with E-state index in [-0.39, 0.29) is 22.5 Å². The van der Waals surface area contributed by atoms with E-state index in [1.54, 1.807) is 25.1 Å². The lowest BCUT2D eigenvalue weighted by Gasteiger charge is -2.04. The summed E-state index contributed by atoms with van der Waals surface area (Å²) in [7, 11) is -3.72. The van der Waals surface area contributed by atoms with Crippen LogP contribution in [0.4, 0.5) is 14.9 Å². The molecule has 1 heterocycles. The fourth-order valence-electron chi connectivity index (χ4n) is 1.59. The number of amides is 1. The van der Waals surface area contributed by atoms with Crippen molar-refractivity contribution in [1.29, 1.82) is 0 Å². The molecule has 1 aromatic carbocycles. The largest absolute Gasteiger partial charge is 0.448 e. The van der Waals surface area contributed by atoms with Crippen LogP contribution in [0, 0.1) is 6.92 Å². The first-order valence-electron chi connectivity index (χ1n) is 6.47. The molecule has 2 N–H and O–H groups in total. The number of aromatic nitrogens is 1. The number of carbonyl (C=O) groups is 1. The predicted molar refractivity (Wildman–Crippen MR) is 89.8 cm³/mol. The van der Waals surface area contributed by atoms with E-state index in [9.17, 15) is 13.2 Å². The van der Waals surface area contributed by atoms with Crippen LogP contribution < -0.4 is 10.0 Å². The Balaban J connectivity index is 2.10. The number of sulfonamides is 1. The van der Waals surface area contributed by atoms with Gasteiger partial charge in [-0.15, -0.1) is 11.6 Å². The van der Waals surface area contributed by atoms with Crippen molar-refractivity contribution in [3.05, 3.63) is 36.0 Å². The number of carbonyl (C=O) groups excluding carboxylic acids is 1. The van der Waals surface area contributed by atoms with Gasteiger partial charge in [-0.3, -0.25) is 10.0 Å². The molecule has 0 spiro atoms. The monoisotopic (exact) mass is 375 g/mol. The van der Waals surface area contributed by atoms with Crippen LogP contribution in [0.3, 0.4) is 0 Å². The highest BCUT2D eigenvalue weighted by Gasteiger charge is 2.18. The van der Waals surface area contributed by atoms with Crippen LogP contribution in [0.25, 0.3) is 0 Å². The number of rotatable bonds is 6. The van der Waals surface area contributed by atoms with Gasteiger partial charge in [-0.25, -0.2) is 18.2 Å². The second kappa shape index (κ2) is 7.62. The van der Waals surface area contributed by atoms with E-state index in [4.69, 9.17) is 16.3 Å². The molecule has 0 fully saturated rings. The summed E-state index contributed by atoms with van der Waals surface area (Å²) in [6.07, 6.45) is -0.671. The van der Waals surface area contributed by atoms with Crippen molar-refractivity contribution in [3.63, 3.8) is 0 Å². The minimum atomic E-state index is -3.72. The standard InChI is InChI=1S/C13H14ClN3O4S2/c1-9-11(16-13(18)21-8-7-14)22-12(15-9)17-23(19,20)10-5-3-2-4-6-10/h2-6H,7-8H2,1H3,(H,15,17)(H,16,18). The lowest BCUT2D eigenvalue weighted by atomic mass is 10.4. The molecule has 0 unspecified atom stereocenters. The third-order valence-corrected chi connectivity index (χ3v) is 5.22. The van der Waals surface area contributed by atoms with E-state index in [0.29, 0.717) is 10.7 Å². The number of aryl methyl sites for hydroxylation is 1. The Hall–Kier alpha value is -1.84. The Labute approximate surface area is 142 Å². The summed E-state index contributed by atoms with van der Waals surface area (Å²) in [5.74, 6) is 0.192. The number of ether oxygens (including phenoxy) is 1. The SMILES string of the molecule is Cc1nc(NS(=O)(=O)c2ccccc2)sc1NC(=O)OCCCl. The van der Waals surface area contributed by atoms with E-state index in [1.807, 2.05) is 0 Å². The topological polar surface area (TPSA) is 97.4 Å². The molecule has 2 rings (SSSR count). The second-order valence-corrected chi connectivity index (χ2v) is 7.36. The van der Waals surface area contributed by atoms with E-state index in [1.165, 1.54) is 12.1 Å². The van der Waals surface area contributed by atoms with Gasteiger partial charge in [0.1, 0.15) is 11.6 Å². The number of thiazole rings is 1. The Morgan fingerprint density at radius 1 is 1.35 bits per heavy atom. The first kappa shape index (κ1) is 17.5. The quantitative estimate of drug-likeness (QED) is 0.756. The molecule has 0 aliphatic heterocycles. The highest BCUT2D eigenvalue weighted by Crippen LogP contribution is 2.29. The molecule has 0 aliphatic rings. The summed E-state index contributed by atoms with van der Waals surface area (Å²) in [5.41, 5.74) is 0.476. The number of nitrogens with zero attached hydrogens (tertiary/aromatic N) is 1. The maximum absolute atomic E-state index is 12.2. The molecule has 10 heteroatoms. The van der Waals surface area contributed by atoms with Gasteiger partial charge < -0.3 is 4.74 Å². The van der Waals surface area contributed by atoms with Crippen LogP contribution in [0.15, 0.2) is 35.2 Å². The van der Waals surface area contributed by atoms with E-state index >= 15 is 0 Å². The third-order valence-electron chi connectivity index (χ3n) is 2.60. The van der Waals surface area contributed by atoms with Gasteiger partial charge in [0.25, 0.3) is 10.0 Å². The van der Waals surface area contributed by atoms with Gasteiger partial charge in [-0.2, -0.15) is 0 Å². The maximum Gasteiger partial charge on any atom is 0.412 e. The minimum Gasteiger partial charge on any atom is -0.448 e. The zero-order valence-corrected chi connectivity index (χ0v) is 14.5. The molecule has 0 radical (unpaired) electrons. The van der Waals surface area contributed by atoms with Crippen LogP contribution in [0.5, 0.6) is 0 Å². The van der Waals surface area contributed by atoms with Crippen LogP contribution in [0.2, 0.25) is 0 Å². The Kier molecular flexibility index (Phi) is 5.80. The van der Waals surface area contributed by atoms with Gasteiger partial charge in [-0.05, 0) is 19.1 Å². The van der Waals surface area contributed by atoms with E-state index in [0.717, 1.165) is 11.3 Å². The van der Waals surface area contributed by atoms with E-state index in [2.05, 4.69) is 15.0 Å². The molecule has 2 aromatic rings. The van der Waals surface area contributed by atoms with Crippen molar-refractivity contribution >= 4 is 49.2 Å². The van der Waals surface area contributed by atoms with Crippen LogP contribution >= 0.6 is 22.9 Å². The molecule has 0 bridgehead atoms.